The van der Waals surface area contributed by atoms with Gasteiger partial charge < -0.3 is 20.1 Å². The van der Waals surface area contributed by atoms with E-state index in [4.69, 9.17) is 24.3 Å². The molecule has 0 heterocycles. The summed E-state index contributed by atoms with van der Waals surface area (Å²) >= 11 is 0. The van der Waals surface area contributed by atoms with Gasteiger partial charge in [-0.15, -0.1) is 0 Å². The van der Waals surface area contributed by atoms with E-state index in [-0.39, 0.29) is 32.3 Å². The number of unbranched alkanes of at least 4 members (excludes halogenated alkanes) is 28. The minimum absolute atomic E-state index is 0.0327. The van der Waals surface area contributed by atoms with E-state index in [1.54, 1.807) is 6.26 Å². The predicted molar refractivity (Wildman–Crippen MR) is 238 cm³/mol. The van der Waals surface area contributed by atoms with Gasteiger partial charge in [-0.2, -0.15) is 0 Å². The molecule has 0 saturated carbocycles. The van der Waals surface area contributed by atoms with Gasteiger partial charge >= 0.3 is 13.8 Å². The van der Waals surface area contributed by atoms with E-state index in [1.807, 2.05) is 6.08 Å². The van der Waals surface area contributed by atoms with E-state index in [0.717, 1.165) is 38.5 Å². The van der Waals surface area contributed by atoms with Gasteiger partial charge in [-0.25, -0.2) is 4.57 Å². The molecule has 9 heteroatoms. The molecule has 0 aromatic heterocycles. The molecule has 0 aromatic carbocycles. The second kappa shape index (κ2) is 44.7. The number of ether oxygens (including phenoxy) is 2. The highest BCUT2D eigenvalue weighted by Gasteiger charge is 2.25. The molecule has 0 saturated heterocycles. The summed E-state index contributed by atoms with van der Waals surface area (Å²) in [5, 5.41) is 0. The Morgan fingerprint density at radius 1 is 0.554 bits per heavy atom. The van der Waals surface area contributed by atoms with E-state index >= 15 is 0 Å². The van der Waals surface area contributed by atoms with Gasteiger partial charge in [-0.05, 0) is 57.4 Å². The summed E-state index contributed by atoms with van der Waals surface area (Å²) in [6.45, 7) is 4.24. The summed E-state index contributed by atoms with van der Waals surface area (Å²) in [6, 6.07) is 0. The lowest BCUT2D eigenvalue weighted by atomic mass is 10.0. The number of hydrogen-bond acceptors (Lipinski definition) is 7. The lowest BCUT2D eigenvalue weighted by Gasteiger charge is -2.19. The van der Waals surface area contributed by atoms with Crippen LogP contribution in [0.5, 0.6) is 0 Å². The Morgan fingerprint density at radius 3 is 1.45 bits per heavy atom. The molecule has 0 bridgehead atoms. The first-order valence-corrected chi connectivity index (χ1v) is 25.0. The summed E-state index contributed by atoms with van der Waals surface area (Å²) < 4.78 is 33.3. The molecule has 0 aliphatic heterocycles. The quantitative estimate of drug-likeness (QED) is 0.0205. The van der Waals surface area contributed by atoms with Crippen molar-refractivity contribution in [3.63, 3.8) is 0 Å². The first-order valence-electron chi connectivity index (χ1n) is 23.5. The van der Waals surface area contributed by atoms with E-state index in [0.29, 0.717) is 6.42 Å². The van der Waals surface area contributed by atoms with Crippen LogP contribution in [0.15, 0.2) is 36.6 Å². The van der Waals surface area contributed by atoms with E-state index in [1.165, 1.54) is 167 Å². The van der Waals surface area contributed by atoms with Gasteiger partial charge in [-0.1, -0.05) is 192 Å². The molecular weight excluding hydrogens is 721 g/mol. The lowest BCUT2D eigenvalue weighted by molar-refractivity contribution is -0.153. The summed E-state index contributed by atoms with van der Waals surface area (Å²) in [5.74, 6) is -0.355. The molecule has 56 heavy (non-hydrogen) atoms. The number of phosphoric ester groups is 1. The van der Waals surface area contributed by atoms with Gasteiger partial charge in [0.2, 0.25) is 0 Å². The molecule has 0 fully saturated rings. The molecule has 0 aliphatic rings. The topological polar surface area (TPSA) is 117 Å². The van der Waals surface area contributed by atoms with Crippen LogP contribution in [0.2, 0.25) is 0 Å². The molecule has 1 unspecified atom stereocenters. The van der Waals surface area contributed by atoms with Crippen LogP contribution in [0.3, 0.4) is 0 Å². The molecule has 0 aromatic rings. The number of carbonyl (C=O) groups is 1. The third kappa shape index (κ3) is 43.7. The Balaban J connectivity index is 4.02. The largest absolute Gasteiger partial charge is 0.498 e. The highest BCUT2D eigenvalue weighted by atomic mass is 31.2. The maximum Gasteiger partial charge on any atom is 0.472 e. The molecule has 0 spiro atoms. The zero-order valence-corrected chi connectivity index (χ0v) is 37.5. The Bertz CT molecular complexity index is 957. The monoisotopic (exact) mass is 812 g/mol. The summed E-state index contributed by atoms with van der Waals surface area (Å²) in [7, 11) is -4.29. The number of phosphoric acid groups is 1. The Hall–Kier alpha value is -1.44. The van der Waals surface area contributed by atoms with E-state index in [9.17, 15) is 14.3 Å². The van der Waals surface area contributed by atoms with Crippen LogP contribution in [0.25, 0.3) is 0 Å². The maximum absolute atomic E-state index is 12.6. The van der Waals surface area contributed by atoms with Gasteiger partial charge in [0, 0.05) is 13.0 Å². The van der Waals surface area contributed by atoms with E-state index in [2.05, 4.69) is 38.2 Å². The summed E-state index contributed by atoms with van der Waals surface area (Å²) in [5.41, 5.74) is 5.37. The van der Waals surface area contributed by atoms with Crippen LogP contribution in [-0.2, 0) is 27.9 Å². The number of rotatable bonds is 45. The van der Waals surface area contributed by atoms with Crippen molar-refractivity contribution in [1.82, 2.24) is 0 Å². The van der Waals surface area contributed by atoms with Crippen LogP contribution in [0.1, 0.15) is 226 Å². The molecule has 0 rings (SSSR count). The second-order valence-corrected chi connectivity index (χ2v) is 17.1. The van der Waals surface area contributed by atoms with Crippen molar-refractivity contribution in [2.75, 3.05) is 26.4 Å². The highest BCUT2D eigenvalue weighted by Crippen LogP contribution is 2.43. The van der Waals surface area contributed by atoms with Gasteiger partial charge in [-0.3, -0.25) is 13.8 Å². The van der Waals surface area contributed by atoms with Crippen LogP contribution in [0.4, 0.5) is 0 Å². The maximum atomic E-state index is 12.6. The predicted octanol–water partition coefficient (Wildman–Crippen LogP) is 14.5. The van der Waals surface area contributed by atoms with Crippen LogP contribution >= 0.6 is 7.82 Å². The first kappa shape index (κ1) is 54.6. The zero-order valence-electron chi connectivity index (χ0n) is 36.6. The Labute approximate surface area is 346 Å². The Kier molecular flexibility index (Phi) is 43.5. The fraction of sp³-hybridized carbons (Fsp3) is 0.851. The van der Waals surface area contributed by atoms with Gasteiger partial charge in [0.15, 0.2) is 6.10 Å². The van der Waals surface area contributed by atoms with Crippen molar-refractivity contribution in [2.24, 2.45) is 5.73 Å². The number of carbonyl (C=O) groups excluding carboxylic acids is 1. The molecule has 0 amide bonds. The minimum Gasteiger partial charge on any atom is -0.498 e. The van der Waals surface area contributed by atoms with Crippen molar-refractivity contribution in [3.05, 3.63) is 36.6 Å². The molecule has 0 aliphatic carbocycles. The van der Waals surface area contributed by atoms with Gasteiger partial charge in [0.05, 0.1) is 19.5 Å². The van der Waals surface area contributed by atoms with Gasteiger partial charge in [0.25, 0.3) is 0 Å². The fourth-order valence-corrected chi connectivity index (χ4v) is 7.41. The molecular formula is C47H90NO7P. The van der Waals surface area contributed by atoms with Crippen molar-refractivity contribution >= 4 is 13.8 Å². The number of nitrogens with two attached hydrogens (primary N) is 1. The average molecular weight is 812 g/mol. The number of allylic oxidation sites excluding steroid dienone is 5. The molecule has 3 N–H and O–H groups in total. The lowest BCUT2D eigenvalue weighted by Crippen LogP contribution is -2.27. The van der Waals surface area contributed by atoms with Crippen molar-refractivity contribution in [1.29, 1.82) is 0 Å². The summed E-state index contributed by atoms with van der Waals surface area (Å²) in [4.78, 5) is 22.5. The summed E-state index contributed by atoms with van der Waals surface area (Å²) in [6.07, 6.45) is 52.6. The van der Waals surface area contributed by atoms with Crippen molar-refractivity contribution < 1.29 is 32.8 Å². The number of esters is 1. The third-order valence-electron chi connectivity index (χ3n) is 10.1. The molecule has 330 valence electrons. The molecule has 0 radical (unpaired) electrons. The van der Waals surface area contributed by atoms with Crippen molar-refractivity contribution in [2.45, 2.75) is 232 Å². The number of hydrogen-bond donors (Lipinski definition) is 2. The minimum atomic E-state index is -4.29. The van der Waals surface area contributed by atoms with Gasteiger partial charge in [0.1, 0.15) is 6.61 Å². The standard InChI is InChI=1S/C47H90NO7P/c1-3-5-7-9-11-13-15-17-19-21-23-24-26-28-30-32-34-36-38-40-47(49)55-46(45-54-56(50,51)53-43-41-48)44-52-42-39-37-35-33-31-29-27-25-22-20-18-16-14-12-10-8-6-4-2/h11,13,17,19,39,42,46H,3-10,12,14-16,18,20-38,40-41,43-45,48H2,1-2H3,(H,50,51)/b13-11+,19-17+,42-39+/t46-/m1/s1. The second-order valence-electron chi connectivity index (χ2n) is 15.7. The van der Waals surface area contributed by atoms with Crippen LogP contribution in [0, 0.1) is 0 Å². The third-order valence-corrected chi connectivity index (χ3v) is 11.1. The van der Waals surface area contributed by atoms with E-state index < -0.39 is 13.9 Å². The fourth-order valence-electron chi connectivity index (χ4n) is 6.64. The van der Waals surface area contributed by atoms with Crippen molar-refractivity contribution in [3.8, 4) is 0 Å². The first-order chi connectivity index (χ1) is 27.4. The highest BCUT2D eigenvalue weighted by molar-refractivity contribution is 7.47. The molecule has 8 nitrogen and oxygen atoms in total. The smallest absolute Gasteiger partial charge is 0.472 e. The molecule has 2 atom stereocenters. The van der Waals surface area contributed by atoms with Crippen LogP contribution in [-0.4, -0.2) is 43.3 Å². The normalized spacial score (nSPS) is 13.6. The van der Waals surface area contributed by atoms with Crippen LogP contribution < -0.4 is 5.73 Å². The zero-order chi connectivity index (χ0) is 40.9. The average Bonchev–Trinajstić information content (AvgIpc) is 3.19. The Morgan fingerprint density at radius 2 is 0.964 bits per heavy atom. The SMILES string of the molecule is CCCCC/C=C/C/C=C/CCCCCCCCCCCC(=O)O[C@H](CO/C=C/CCCCCCCCCCCCCCCCCC)COP(=O)(O)OCCN.